The molecule has 2 amide bonds. The van der Waals surface area contributed by atoms with E-state index in [0.29, 0.717) is 36.7 Å². The third-order valence-electron chi connectivity index (χ3n) is 5.21. The molecule has 3 unspecified atom stereocenters. The van der Waals surface area contributed by atoms with Gasteiger partial charge in [0.1, 0.15) is 0 Å². The van der Waals surface area contributed by atoms with Gasteiger partial charge in [0.25, 0.3) is 5.91 Å². The molecule has 1 aromatic carbocycles. The number of benzene rings is 1. The SMILES string of the molecule is Cl.NCCNC(=O)c1ccccc1NC(=O)CC1CC2CCC1C2. The molecule has 1 aromatic rings. The van der Waals surface area contributed by atoms with Gasteiger partial charge in [0.05, 0.1) is 11.3 Å². The molecule has 0 spiro atoms. The summed E-state index contributed by atoms with van der Waals surface area (Å²) in [5.41, 5.74) is 6.48. The van der Waals surface area contributed by atoms with Gasteiger partial charge in [0, 0.05) is 19.5 Å². The molecule has 2 aliphatic rings. The number of fused-ring (bicyclic) bond motifs is 2. The van der Waals surface area contributed by atoms with Crippen LogP contribution in [0.2, 0.25) is 0 Å². The predicted molar refractivity (Wildman–Crippen MR) is 97.3 cm³/mol. The second-order valence-electron chi connectivity index (χ2n) is 6.78. The van der Waals surface area contributed by atoms with E-state index in [1.807, 2.05) is 6.07 Å². The standard InChI is InChI=1S/C18H25N3O2.ClH/c19-7-8-20-18(23)15-3-1-2-4-16(15)21-17(22)11-14-10-12-5-6-13(14)9-12;/h1-4,12-14H,5-11,19H2,(H,20,23)(H,21,22);1H. The second-order valence-corrected chi connectivity index (χ2v) is 6.78. The lowest BCUT2D eigenvalue weighted by Gasteiger charge is -2.21. The van der Waals surface area contributed by atoms with E-state index >= 15 is 0 Å². The van der Waals surface area contributed by atoms with Crippen molar-refractivity contribution in [2.75, 3.05) is 18.4 Å². The summed E-state index contributed by atoms with van der Waals surface area (Å²) < 4.78 is 0. The van der Waals surface area contributed by atoms with Gasteiger partial charge in [-0.25, -0.2) is 0 Å². The third-order valence-corrected chi connectivity index (χ3v) is 5.21. The van der Waals surface area contributed by atoms with Crippen LogP contribution in [-0.2, 0) is 4.79 Å². The smallest absolute Gasteiger partial charge is 0.253 e. The fraction of sp³-hybridized carbons (Fsp3) is 0.556. The molecular formula is C18H26ClN3O2. The van der Waals surface area contributed by atoms with E-state index in [-0.39, 0.29) is 24.2 Å². The average molecular weight is 352 g/mol. The maximum absolute atomic E-state index is 12.4. The summed E-state index contributed by atoms with van der Waals surface area (Å²) in [4.78, 5) is 24.5. The molecule has 5 nitrogen and oxygen atoms in total. The lowest BCUT2D eigenvalue weighted by atomic mass is 9.86. The Morgan fingerprint density at radius 1 is 1.17 bits per heavy atom. The quantitative estimate of drug-likeness (QED) is 0.736. The zero-order valence-corrected chi connectivity index (χ0v) is 14.6. The zero-order chi connectivity index (χ0) is 16.2. The lowest BCUT2D eigenvalue weighted by molar-refractivity contribution is -0.117. The number of nitrogens with two attached hydrogens (primary N) is 1. The van der Waals surface area contributed by atoms with Gasteiger partial charge in [-0.15, -0.1) is 12.4 Å². The first-order chi connectivity index (χ1) is 11.2. The van der Waals surface area contributed by atoms with Crippen LogP contribution in [0.5, 0.6) is 0 Å². The predicted octanol–water partition coefficient (Wildman–Crippen LogP) is 2.56. The zero-order valence-electron chi connectivity index (χ0n) is 13.8. The molecule has 0 heterocycles. The number of hydrogen-bond donors (Lipinski definition) is 3. The Hall–Kier alpha value is -1.59. The van der Waals surface area contributed by atoms with Crippen LogP contribution < -0.4 is 16.4 Å². The Balaban J connectivity index is 0.00000208. The van der Waals surface area contributed by atoms with E-state index in [9.17, 15) is 9.59 Å². The molecule has 132 valence electrons. The minimum Gasteiger partial charge on any atom is -0.351 e. The number of halogens is 1. The molecular weight excluding hydrogens is 326 g/mol. The number of carbonyl (C=O) groups is 2. The molecule has 24 heavy (non-hydrogen) atoms. The van der Waals surface area contributed by atoms with Crippen molar-refractivity contribution in [2.24, 2.45) is 23.5 Å². The molecule has 0 aromatic heterocycles. The highest BCUT2D eigenvalue weighted by Gasteiger charge is 2.40. The first-order valence-electron chi connectivity index (χ1n) is 8.54. The van der Waals surface area contributed by atoms with E-state index in [0.717, 1.165) is 11.8 Å². The Labute approximate surface area is 149 Å². The van der Waals surface area contributed by atoms with Gasteiger partial charge in [-0.05, 0) is 49.1 Å². The number of rotatable bonds is 6. The molecule has 3 rings (SSSR count). The summed E-state index contributed by atoms with van der Waals surface area (Å²) in [6.07, 6.45) is 5.68. The van der Waals surface area contributed by atoms with E-state index in [1.165, 1.54) is 25.7 Å². The van der Waals surface area contributed by atoms with Crippen molar-refractivity contribution in [3.05, 3.63) is 29.8 Å². The highest BCUT2D eigenvalue weighted by atomic mass is 35.5. The van der Waals surface area contributed by atoms with Crippen LogP contribution in [0.15, 0.2) is 24.3 Å². The summed E-state index contributed by atoms with van der Waals surface area (Å²) >= 11 is 0. The minimum absolute atomic E-state index is 0. The first-order valence-corrected chi connectivity index (χ1v) is 8.54. The van der Waals surface area contributed by atoms with Crippen LogP contribution in [0, 0.1) is 17.8 Å². The van der Waals surface area contributed by atoms with Gasteiger partial charge in [0.15, 0.2) is 0 Å². The van der Waals surface area contributed by atoms with Gasteiger partial charge >= 0.3 is 0 Å². The number of hydrogen-bond acceptors (Lipinski definition) is 3. The maximum Gasteiger partial charge on any atom is 0.253 e. The molecule has 2 fully saturated rings. The lowest BCUT2D eigenvalue weighted by Crippen LogP contribution is -2.30. The normalized spacial score (nSPS) is 24.3. The van der Waals surface area contributed by atoms with Crippen molar-refractivity contribution in [3.8, 4) is 0 Å². The first kappa shape index (κ1) is 18.7. The van der Waals surface area contributed by atoms with E-state index in [1.54, 1.807) is 18.2 Å². The summed E-state index contributed by atoms with van der Waals surface area (Å²) in [7, 11) is 0. The molecule has 0 aliphatic heterocycles. The Morgan fingerprint density at radius 3 is 2.62 bits per heavy atom. The van der Waals surface area contributed by atoms with Gasteiger partial charge in [-0.3, -0.25) is 9.59 Å². The van der Waals surface area contributed by atoms with Gasteiger partial charge in [0.2, 0.25) is 5.91 Å². The molecule has 0 radical (unpaired) electrons. The van der Waals surface area contributed by atoms with Crippen LogP contribution in [-0.4, -0.2) is 24.9 Å². The van der Waals surface area contributed by atoms with Gasteiger partial charge in [-0.1, -0.05) is 18.6 Å². The number of anilines is 1. The van der Waals surface area contributed by atoms with Gasteiger partial charge < -0.3 is 16.4 Å². The summed E-state index contributed by atoms with van der Waals surface area (Å²) in [5.74, 6) is 1.90. The van der Waals surface area contributed by atoms with E-state index < -0.39 is 0 Å². The van der Waals surface area contributed by atoms with Crippen LogP contribution in [0.3, 0.4) is 0 Å². The summed E-state index contributed by atoms with van der Waals surface area (Å²) in [6.45, 7) is 0.816. The van der Waals surface area contributed by atoms with Crippen molar-refractivity contribution in [3.63, 3.8) is 0 Å². The Morgan fingerprint density at radius 2 is 1.96 bits per heavy atom. The van der Waals surface area contributed by atoms with Crippen LogP contribution in [0.25, 0.3) is 0 Å². The fourth-order valence-corrected chi connectivity index (χ4v) is 4.14. The third kappa shape index (κ3) is 4.28. The molecule has 2 aliphatic carbocycles. The van der Waals surface area contributed by atoms with Crippen molar-refractivity contribution < 1.29 is 9.59 Å². The maximum atomic E-state index is 12.4. The largest absolute Gasteiger partial charge is 0.351 e. The molecule has 2 bridgehead atoms. The number of para-hydroxylation sites is 1. The fourth-order valence-electron chi connectivity index (χ4n) is 4.14. The monoisotopic (exact) mass is 351 g/mol. The second kappa shape index (κ2) is 8.49. The van der Waals surface area contributed by atoms with Crippen molar-refractivity contribution in [2.45, 2.75) is 32.1 Å². The molecule has 0 saturated heterocycles. The van der Waals surface area contributed by atoms with Crippen LogP contribution in [0.1, 0.15) is 42.5 Å². The van der Waals surface area contributed by atoms with Crippen molar-refractivity contribution in [1.29, 1.82) is 0 Å². The van der Waals surface area contributed by atoms with Crippen molar-refractivity contribution >= 4 is 29.9 Å². The van der Waals surface area contributed by atoms with Gasteiger partial charge in [-0.2, -0.15) is 0 Å². The Bertz CT molecular complexity index is 593. The van der Waals surface area contributed by atoms with Crippen LogP contribution >= 0.6 is 12.4 Å². The molecule has 6 heteroatoms. The minimum atomic E-state index is -0.203. The van der Waals surface area contributed by atoms with E-state index in [2.05, 4.69) is 10.6 Å². The summed E-state index contributed by atoms with van der Waals surface area (Å²) in [5, 5.41) is 5.67. The highest BCUT2D eigenvalue weighted by molar-refractivity contribution is 6.03. The number of carbonyl (C=O) groups excluding carboxylic acids is 2. The highest BCUT2D eigenvalue weighted by Crippen LogP contribution is 2.49. The Kier molecular flexibility index (Phi) is 6.63. The van der Waals surface area contributed by atoms with Crippen LogP contribution in [0.4, 0.5) is 5.69 Å². The topological polar surface area (TPSA) is 84.2 Å². The number of amides is 2. The number of nitrogens with one attached hydrogen (secondary N) is 2. The average Bonchev–Trinajstić information content (AvgIpc) is 3.15. The van der Waals surface area contributed by atoms with Crippen molar-refractivity contribution in [1.82, 2.24) is 5.32 Å². The molecule has 3 atom stereocenters. The van der Waals surface area contributed by atoms with E-state index in [4.69, 9.17) is 5.73 Å². The summed E-state index contributed by atoms with van der Waals surface area (Å²) in [6, 6.07) is 7.12. The molecule has 2 saturated carbocycles. The molecule has 4 N–H and O–H groups in total.